The van der Waals surface area contributed by atoms with Crippen LogP contribution in [0.5, 0.6) is 0 Å². The third kappa shape index (κ3) is 2.47. The van der Waals surface area contributed by atoms with E-state index in [0.29, 0.717) is 13.1 Å². The zero-order valence-electron chi connectivity index (χ0n) is 11.8. The molecule has 3 rings (SSSR count). The van der Waals surface area contributed by atoms with Crippen LogP contribution in [0, 0.1) is 11.8 Å². The average Bonchev–Trinajstić information content (AvgIpc) is 2.63. The Morgan fingerprint density at radius 1 is 1.38 bits per heavy atom. The SMILES string of the molecule is C[C@@H]1CN(c2nccc(C(F)(F)F)n2)C[C@@]1(O)C1CCC1. The molecule has 21 heavy (non-hydrogen) atoms. The second-order valence-electron chi connectivity index (χ2n) is 6.14. The minimum absolute atomic E-state index is 0.000873. The fourth-order valence-corrected chi connectivity index (χ4v) is 3.27. The summed E-state index contributed by atoms with van der Waals surface area (Å²) in [5.74, 6) is 0.288. The number of halogens is 3. The van der Waals surface area contributed by atoms with Gasteiger partial charge in [0.25, 0.3) is 0 Å². The summed E-state index contributed by atoms with van der Waals surface area (Å²) in [5, 5.41) is 10.8. The van der Waals surface area contributed by atoms with Crippen LogP contribution in [0.4, 0.5) is 19.1 Å². The predicted molar refractivity (Wildman–Crippen MR) is 70.7 cm³/mol. The standard InChI is InChI=1S/C14H18F3N3O/c1-9-7-20(8-13(9,21)10-3-2-4-10)12-18-6-5-11(19-12)14(15,16)17/h5-6,9-10,21H,2-4,7-8H2,1H3/t9-,13+/m1/s1. The van der Waals surface area contributed by atoms with E-state index in [1.54, 1.807) is 4.90 Å². The number of β-amino-alcohol motifs (C(OH)–C–C–N with tert-alkyl or cyclic N) is 1. The number of anilines is 1. The van der Waals surface area contributed by atoms with Crippen molar-refractivity contribution in [3.63, 3.8) is 0 Å². The zero-order chi connectivity index (χ0) is 15.3. The molecule has 1 aromatic rings. The highest BCUT2D eigenvalue weighted by Gasteiger charge is 2.50. The highest BCUT2D eigenvalue weighted by Crippen LogP contribution is 2.44. The maximum Gasteiger partial charge on any atom is 0.433 e. The van der Waals surface area contributed by atoms with Crippen molar-refractivity contribution >= 4 is 5.95 Å². The van der Waals surface area contributed by atoms with Crippen molar-refractivity contribution in [1.82, 2.24) is 9.97 Å². The van der Waals surface area contributed by atoms with E-state index in [1.807, 2.05) is 6.92 Å². The Kier molecular flexibility index (Phi) is 3.35. The normalized spacial score (nSPS) is 30.5. The second kappa shape index (κ2) is 4.83. The molecule has 1 aliphatic carbocycles. The molecule has 0 spiro atoms. The molecule has 0 radical (unpaired) electrons. The van der Waals surface area contributed by atoms with E-state index in [4.69, 9.17) is 0 Å². The minimum Gasteiger partial charge on any atom is -0.387 e. The van der Waals surface area contributed by atoms with Gasteiger partial charge >= 0.3 is 6.18 Å². The number of rotatable bonds is 2. The summed E-state index contributed by atoms with van der Waals surface area (Å²) in [7, 11) is 0. The van der Waals surface area contributed by atoms with Gasteiger partial charge in [0.05, 0.1) is 12.1 Å². The zero-order valence-corrected chi connectivity index (χ0v) is 11.8. The summed E-state index contributed by atoms with van der Waals surface area (Å²) in [6, 6.07) is 0.862. The number of aliphatic hydroxyl groups is 1. The van der Waals surface area contributed by atoms with Gasteiger partial charge in [0.1, 0.15) is 5.69 Å². The van der Waals surface area contributed by atoms with E-state index in [9.17, 15) is 18.3 Å². The molecule has 0 aromatic carbocycles. The van der Waals surface area contributed by atoms with E-state index in [1.165, 1.54) is 0 Å². The van der Waals surface area contributed by atoms with Gasteiger partial charge in [-0.3, -0.25) is 0 Å². The number of hydrogen-bond donors (Lipinski definition) is 1. The van der Waals surface area contributed by atoms with Gasteiger partial charge in [-0.15, -0.1) is 0 Å². The van der Waals surface area contributed by atoms with E-state index >= 15 is 0 Å². The molecule has 1 aliphatic heterocycles. The minimum atomic E-state index is -4.48. The molecule has 2 atom stereocenters. The number of alkyl halides is 3. The lowest BCUT2D eigenvalue weighted by Gasteiger charge is -2.41. The lowest BCUT2D eigenvalue weighted by atomic mass is 9.69. The van der Waals surface area contributed by atoms with Crippen LogP contribution >= 0.6 is 0 Å². The molecule has 1 N–H and O–H groups in total. The van der Waals surface area contributed by atoms with E-state index < -0.39 is 17.5 Å². The van der Waals surface area contributed by atoms with Gasteiger partial charge in [-0.2, -0.15) is 13.2 Å². The Labute approximate surface area is 121 Å². The van der Waals surface area contributed by atoms with Gasteiger partial charge in [-0.1, -0.05) is 13.3 Å². The van der Waals surface area contributed by atoms with Gasteiger partial charge in [0.2, 0.25) is 5.95 Å². The van der Waals surface area contributed by atoms with E-state index in [-0.39, 0.29) is 17.8 Å². The van der Waals surface area contributed by atoms with Crippen molar-refractivity contribution in [3.05, 3.63) is 18.0 Å². The highest BCUT2D eigenvalue weighted by molar-refractivity contribution is 5.35. The summed E-state index contributed by atoms with van der Waals surface area (Å²) in [6.45, 7) is 2.72. The Morgan fingerprint density at radius 3 is 2.67 bits per heavy atom. The molecule has 4 nitrogen and oxygen atoms in total. The molecule has 0 bridgehead atoms. The Morgan fingerprint density at radius 2 is 2.10 bits per heavy atom. The molecule has 2 heterocycles. The third-order valence-electron chi connectivity index (χ3n) is 4.82. The Hall–Kier alpha value is -1.37. The molecule has 1 saturated heterocycles. The molecule has 1 aromatic heterocycles. The van der Waals surface area contributed by atoms with Crippen LogP contribution in [-0.2, 0) is 6.18 Å². The summed E-state index contributed by atoms with van der Waals surface area (Å²) in [4.78, 5) is 9.21. The first-order valence-corrected chi connectivity index (χ1v) is 7.18. The van der Waals surface area contributed by atoms with Crippen LogP contribution in [0.3, 0.4) is 0 Å². The molecule has 116 valence electrons. The van der Waals surface area contributed by atoms with Gasteiger partial charge in [-0.25, -0.2) is 9.97 Å². The van der Waals surface area contributed by atoms with Gasteiger partial charge in [0, 0.05) is 18.7 Å². The van der Waals surface area contributed by atoms with Crippen LogP contribution in [-0.4, -0.2) is 33.8 Å². The summed E-state index contributed by atoms with van der Waals surface area (Å²) >= 11 is 0. The average molecular weight is 301 g/mol. The van der Waals surface area contributed by atoms with Crippen LogP contribution in [0.2, 0.25) is 0 Å². The molecule has 7 heteroatoms. The Bertz CT molecular complexity index is 532. The summed E-state index contributed by atoms with van der Waals surface area (Å²) in [5.41, 5.74) is -1.78. The summed E-state index contributed by atoms with van der Waals surface area (Å²) in [6.07, 6.45) is -0.278. The predicted octanol–water partition coefficient (Wildman–Crippen LogP) is 2.48. The molecular formula is C14H18F3N3O. The van der Waals surface area contributed by atoms with E-state index in [2.05, 4.69) is 9.97 Å². The van der Waals surface area contributed by atoms with Crippen molar-refractivity contribution in [2.45, 2.75) is 38.0 Å². The second-order valence-corrected chi connectivity index (χ2v) is 6.14. The highest BCUT2D eigenvalue weighted by atomic mass is 19.4. The van der Waals surface area contributed by atoms with Crippen molar-refractivity contribution < 1.29 is 18.3 Å². The Balaban J connectivity index is 1.82. The lowest BCUT2D eigenvalue weighted by Crippen LogP contribution is -2.47. The fourth-order valence-electron chi connectivity index (χ4n) is 3.27. The molecular weight excluding hydrogens is 283 g/mol. The quantitative estimate of drug-likeness (QED) is 0.912. The van der Waals surface area contributed by atoms with Gasteiger partial charge in [0.15, 0.2) is 0 Å². The first-order chi connectivity index (χ1) is 9.80. The van der Waals surface area contributed by atoms with Gasteiger partial charge < -0.3 is 10.0 Å². The maximum atomic E-state index is 12.7. The maximum absolute atomic E-state index is 12.7. The van der Waals surface area contributed by atoms with E-state index in [0.717, 1.165) is 31.5 Å². The monoisotopic (exact) mass is 301 g/mol. The van der Waals surface area contributed by atoms with Crippen LogP contribution in [0.15, 0.2) is 12.3 Å². The van der Waals surface area contributed by atoms with Crippen LogP contribution in [0.1, 0.15) is 31.9 Å². The molecule has 0 unspecified atom stereocenters. The van der Waals surface area contributed by atoms with Crippen molar-refractivity contribution in [1.29, 1.82) is 0 Å². The first-order valence-electron chi connectivity index (χ1n) is 7.18. The fraction of sp³-hybridized carbons (Fsp3) is 0.714. The van der Waals surface area contributed by atoms with Crippen LogP contribution in [0.25, 0.3) is 0 Å². The third-order valence-corrected chi connectivity index (χ3v) is 4.82. The summed E-state index contributed by atoms with van der Waals surface area (Å²) < 4.78 is 38.2. The topological polar surface area (TPSA) is 49.2 Å². The first kappa shape index (κ1) is 14.6. The van der Waals surface area contributed by atoms with Crippen molar-refractivity contribution in [2.24, 2.45) is 11.8 Å². The number of nitrogens with zero attached hydrogens (tertiary/aromatic N) is 3. The lowest BCUT2D eigenvalue weighted by molar-refractivity contribution is -0.141. The van der Waals surface area contributed by atoms with Gasteiger partial charge in [-0.05, 0) is 24.8 Å². The smallest absolute Gasteiger partial charge is 0.387 e. The molecule has 2 aliphatic rings. The largest absolute Gasteiger partial charge is 0.433 e. The number of aromatic nitrogens is 2. The van der Waals surface area contributed by atoms with Crippen molar-refractivity contribution in [2.75, 3.05) is 18.0 Å². The molecule has 1 saturated carbocycles. The van der Waals surface area contributed by atoms with Crippen molar-refractivity contribution in [3.8, 4) is 0 Å². The molecule has 2 fully saturated rings. The van der Waals surface area contributed by atoms with Crippen LogP contribution < -0.4 is 4.90 Å². The number of hydrogen-bond acceptors (Lipinski definition) is 4. The molecule has 0 amide bonds.